The molecule has 6 nitrogen and oxygen atoms in total. The van der Waals surface area contributed by atoms with E-state index in [0.717, 1.165) is 30.7 Å². The van der Waals surface area contributed by atoms with Gasteiger partial charge in [-0.25, -0.2) is 4.98 Å². The molecule has 0 fully saturated rings. The Morgan fingerprint density at radius 3 is 3.05 bits per heavy atom. The Balaban J connectivity index is 1.57. The molecule has 0 spiro atoms. The Morgan fingerprint density at radius 1 is 1.43 bits per heavy atom. The largest absolute Gasteiger partial charge is 0.468 e. The van der Waals surface area contributed by atoms with Crippen molar-refractivity contribution in [3.05, 3.63) is 35.2 Å². The van der Waals surface area contributed by atoms with Crippen molar-refractivity contribution in [3.63, 3.8) is 0 Å². The molecule has 1 aliphatic rings. The highest BCUT2D eigenvalue weighted by molar-refractivity contribution is 5.91. The number of pyridine rings is 1. The molecular weight excluding hydrogens is 268 g/mol. The molecule has 2 heterocycles. The average molecular weight is 286 g/mol. The van der Waals surface area contributed by atoms with Crippen LogP contribution >= 0.6 is 0 Å². The number of fused-ring (bicyclic) bond motifs is 1. The van der Waals surface area contributed by atoms with Crippen LogP contribution in [0, 0.1) is 6.92 Å². The minimum absolute atomic E-state index is 0.0595. The summed E-state index contributed by atoms with van der Waals surface area (Å²) in [6.07, 6.45) is 3.22. The minimum Gasteiger partial charge on any atom is -0.468 e. The molecule has 0 atom stereocenters. The van der Waals surface area contributed by atoms with E-state index in [1.54, 1.807) is 11.7 Å². The second kappa shape index (κ2) is 5.55. The Labute approximate surface area is 123 Å². The van der Waals surface area contributed by atoms with Gasteiger partial charge in [0.1, 0.15) is 5.82 Å². The second-order valence-corrected chi connectivity index (χ2v) is 5.24. The molecular formula is C15H18N4O2. The van der Waals surface area contributed by atoms with Gasteiger partial charge in [-0.1, -0.05) is 6.07 Å². The summed E-state index contributed by atoms with van der Waals surface area (Å²) in [7, 11) is 1.78. The van der Waals surface area contributed by atoms with Crippen LogP contribution < -0.4 is 10.1 Å². The van der Waals surface area contributed by atoms with Gasteiger partial charge >= 0.3 is 0 Å². The lowest BCUT2D eigenvalue weighted by molar-refractivity contribution is -0.118. The van der Waals surface area contributed by atoms with Crippen molar-refractivity contribution in [2.45, 2.75) is 26.2 Å². The number of nitrogens with zero attached hydrogens (tertiary/aromatic N) is 3. The van der Waals surface area contributed by atoms with Gasteiger partial charge in [-0.2, -0.15) is 5.10 Å². The van der Waals surface area contributed by atoms with Crippen LogP contribution in [0.3, 0.4) is 0 Å². The topological polar surface area (TPSA) is 69.0 Å². The van der Waals surface area contributed by atoms with E-state index in [1.807, 2.05) is 25.1 Å². The van der Waals surface area contributed by atoms with E-state index in [-0.39, 0.29) is 12.5 Å². The third-order valence-electron chi connectivity index (χ3n) is 3.52. The number of hydrogen-bond acceptors (Lipinski definition) is 4. The van der Waals surface area contributed by atoms with Crippen molar-refractivity contribution >= 4 is 11.7 Å². The van der Waals surface area contributed by atoms with Crippen LogP contribution in [-0.2, 0) is 24.7 Å². The third-order valence-corrected chi connectivity index (χ3v) is 3.52. The van der Waals surface area contributed by atoms with Crippen LogP contribution in [0.1, 0.15) is 23.4 Å². The van der Waals surface area contributed by atoms with Crippen LogP contribution in [0.15, 0.2) is 18.2 Å². The molecule has 0 saturated heterocycles. The zero-order chi connectivity index (χ0) is 14.8. The van der Waals surface area contributed by atoms with Crippen LogP contribution in [0.25, 0.3) is 0 Å². The molecule has 3 rings (SSSR count). The lowest BCUT2D eigenvalue weighted by Crippen LogP contribution is -2.22. The maximum atomic E-state index is 11.9. The fourth-order valence-electron chi connectivity index (χ4n) is 2.53. The number of amides is 1. The van der Waals surface area contributed by atoms with Gasteiger partial charge < -0.3 is 10.1 Å². The second-order valence-electron chi connectivity index (χ2n) is 5.24. The number of aromatic nitrogens is 3. The van der Waals surface area contributed by atoms with Crippen molar-refractivity contribution < 1.29 is 9.53 Å². The molecule has 2 aromatic rings. The quantitative estimate of drug-likeness (QED) is 0.927. The maximum Gasteiger partial charge on any atom is 0.263 e. The van der Waals surface area contributed by atoms with Gasteiger partial charge in [0.2, 0.25) is 5.88 Å². The van der Waals surface area contributed by atoms with Gasteiger partial charge in [0.05, 0.1) is 5.69 Å². The summed E-state index contributed by atoms with van der Waals surface area (Å²) in [5, 5.41) is 6.93. The lowest BCUT2D eigenvalue weighted by Gasteiger charge is -2.08. The molecule has 1 amide bonds. The molecule has 6 heteroatoms. The number of aryl methyl sites for hydroxylation is 4. The molecule has 0 unspecified atom stereocenters. The average Bonchev–Trinajstić information content (AvgIpc) is 3.02. The number of carbonyl (C=O) groups is 1. The third kappa shape index (κ3) is 3.04. The first-order valence-corrected chi connectivity index (χ1v) is 7.04. The maximum absolute atomic E-state index is 11.9. The normalized spacial score (nSPS) is 13.0. The molecule has 1 aliphatic carbocycles. The van der Waals surface area contributed by atoms with Crippen molar-refractivity contribution in [2.75, 3.05) is 11.9 Å². The Bertz CT molecular complexity index is 678. The first-order chi connectivity index (χ1) is 10.1. The van der Waals surface area contributed by atoms with E-state index in [0.29, 0.717) is 11.7 Å². The lowest BCUT2D eigenvalue weighted by atomic mass is 10.2. The van der Waals surface area contributed by atoms with E-state index < -0.39 is 0 Å². The molecule has 0 saturated carbocycles. The van der Waals surface area contributed by atoms with Crippen LogP contribution in [-0.4, -0.2) is 27.3 Å². The highest BCUT2D eigenvalue weighted by Gasteiger charge is 2.14. The fourth-order valence-corrected chi connectivity index (χ4v) is 2.53. The predicted molar refractivity (Wildman–Crippen MR) is 78.3 cm³/mol. The van der Waals surface area contributed by atoms with Crippen molar-refractivity contribution in [1.82, 2.24) is 14.8 Å². The summed E-state index contributed by atoms with van der Waals surface area (Å²) in [5.74, 6) is 0.940. The Kier molecular flexibility index (Phi) is 3.60. The van der Waals surface area contributed by atoms with Gasteiger partial charge in [-0.15, -0.1) is 0 Å². The summed E-state index contributed by atoms with van der Waals surface area (Å²) in [4.78, 5) is 16.3. The molecule has 21 heavy (non-hydrogen) atoms. The number of rotatable bonds is 4. The summed E-state index contributed by atoms with van der Waals surface area (Å²) < 4.78 is 7.08. The fraction of sp³-hybridized carbons (Fsp3) is 0.400. The number of ether oxygens (including phenoxy) is 1. The van der Waals surface area contributed by atoms with E-state index in [9.17, 15) is 4.79 Å². The first kappa shape index (κ1) is 13.6. The standard InChI is InChI=1S/C15H18N4O2/c1-10-8-13(19(2)18-10)17-14(20)9-21-15-7-6-11-4-3-5-12(11)16-15/h6-8H,3-5,9H2,1-2H3,(H,17,20). The van der Waals surface area contributed by atoms with Gasteiger partial charge in [-0.05, 0) is 31.7 Å². The van der Waals surface area contributed by atoms with Gasteiger partial charge in [0, 0.05) is 24.9 Å². The van der Waals surface area contributed by atoms with Gasteiger partial charge in [0.15, 0.2) is 6.61 Å². The summed E-state index contributed by atoms with van der Waals surface area (Å²) >= 11 is 0. The molecule has 0 bridgehead atoms. The van der Waals surface area contributed by atoms with Gasteiger partial charge in [-0.3, -0.25) is 9.48 Å². The Morgan fingerprint density at radius 2 is 2.29 bits per heavy atom. The number of carbonyl (C=O) groups excluding carboxylic acids is 1. The molecule has 2 aromatic heterocycles. The minimum atomic E-state index is -0.222. The zero-order valence-corrected chi connectivity index (χ0v) is 12.2. The predicted octanol–water partition coefficient (Wildman–Crippen LogP) is 1.63. The number of hydrogen-bond donors (Lipinski definition) is 1. The monoisotopic (exact) mass is 286 g/mol. The molecule has 1 N–H and O–H groups in total. The van der Waals surface area contributed by atoms with E-state index >= 15 is 0 Å². The van der Waals surface area contributed by atoms with Crippen LogP contribution in [0.2, 0.25) is 0 Å². The highest BCUT2D eigenvalue weighted by Crippen LogP contribution is 2.22. The van der Waals surface area contributed by atoms with Crippen LogP contribution in [0.5, 0.6) is 5.88 Å². The summed E-state index contributed by atoms with van der Waals surface area (Å²) in [5.41, 5.74) is 3.24. The van der Waals surface area contributed by atoms with E-state index in [4.69, 9.17) is 4.74 Å². The molecule has 0 aromatic carbocycles. The summed E-state index contributed by atoms with van der Waals surface area (Å²) in [6, 6.07) is 5.67. The Hall–Kier alpha value is -2.37. The smallest absolute Gasteiger partial charge is 0.263 e. The number of anilines is 1. The van der Waals surface area contributed by atoms with E-state index in [2.05, 4.69) is 15.4 Å². The van der Waals surface area contributed by atoms with Crippen molar-refractivity contribution in [3.8, 4) is 5.88 Å². The molecule has 110 valence electrons. The SMILES string of the molecule is Cc1cc(NC(=O)COc2ccc3c(n2)CCC3)n(C)n1. The number of nitrogens with one attached hydrogen (secondary N) is 1. The van der Waals surface area contributed by atoms with Crippen molar-refractivity contribution in [2.24, 2.45) is 7.05 Å². The first-order valence-electron chi connectivity index (χ1n) is 7.04. The zero-order valence-electron chi connectivity index (χ0n) is 12.2. The van der Waals surface area contributed by atoms with Gasteiger partial charge in [0.25, 0.3) is 5.91 Å². The summed E-state index contributed by atoms with van der Waals surface area (Å²) in [6.45, 7) is 1.82. The molecule has 0 radical (unpaired) electrons. The van der Waals surface area contributed by atoms with Crippen LogP contribution in [0.4, 0.5) is 5.82 Å². The van der Waals surface area contributed by atoms with E-state index in [1.165, 1.54) is 5.56 Å². The van der Waals surface area contributed by atoms with Crippen molar-refractivity contribution in [1.29, 1.82) is 0 Å². The highest BCUT2D eigenvalue weighted by atomic mass is 16.5. The molecule has 0 aliphatic heterocycles.